The molecule has 0 amide bonds. The first-order valence-electron chi connectivity index (χ1n) is 9.56. The number of rotatable bonds is 5. The Morgan fingerprint density at radius 1 is 1.14 bits per heavy atom. The average Bonchev–Trinajstić information content (AvgIpc) is 3.12. The molecule has 3 aromatic rings. The molecule has 4 rings (SSSR count). The Balaban J connectivity index is 1.70. The van der Waals surface area contributed by atoms with Crippen LogP contribution < -0.4 is 0 Å². The van der Waals surface area contributed by atoms with E-state index in [0.29, 0.717) is 10.9 Å². The van der Waals surface area contributed by atoms with Crippen LogP contribution in [0.4, 0.5) is 4.39 Å². The van der Waals surface area contributed by atoms with E-state index in [-0.39, 0.29) is 12.4 Å². The van der Waals surface area contributed by atoms with Crippen molar-refractivity contribution in [3.05, 3.63) is 71.1 Å². The SMILES string of the molecule is OC[C@H]1CCCN(Cc2cn(-c3ccc(F)cc3)nc2-c2ccccc2Cl)C1. The summed E-state index contributed by atoms with van der Waals surface area (Å²) in [5, 5.41) is 15.0. The van der Waals surface area contributed by atoms with Gasteiger partial charge in [-0.1, -0.05) is 29.8 Å². The van der Waals surface area contributed by atoms with Gasteiger partial charge in [0.2, 0.25) is 0 Å². The molecule has 6 heteroatoms. The highest BCUT2D eigenvalue weighted by molar-refractivity contribution is 6.33. The van der Waals surface area contributed by atoms with E-state index in [1.165, 1.54) is 12.1 Å². The molecule has 146 valence electrons. The molecule has 1 atom stereocenters. The molecule has 0 bridgehead atoms. The van der Waals surface area contributed by atoms with Crippen molar-refractivity contribution in [1.82, 2.24) is 14.7 Å². The number of aliphatic hydroxyl groups excluding tert-OH is 1. The van der Waals surface area contributed by atoms with Crippen molar-refractivity contribution in [2.45, 2.75) is 19.4 Å². The maximum atomic E-state index is 13.3. The third-order valence-corrected chi connectivity index (χ3v) is 5.60. The first kappa shape index (κ1) is 19.1. The fraction of sp³-hybridized carbons (Fsp3) is 0.318. The van der Waals surface area contributed by atoms with Gasteiger partial charge in [0.1, 0.15) is 5.82 Å². The topological polar surface area (TPSA) is 41.3 Å². The van der Waals surface area contributed by atoms with Crippen LogP contribution in [0.25, 0.3) is 16.9 Å². The summed E-state index contributed by atoms with van der Waals surface area (Å²) >= 11 is 6.45. The molecule has 0 spiro atoms. The summed E-state index contributed by atoms with van der Waals surface area (Å²) in [4.78, 5) is 2.36. The molecule has 28 heavy (non-hydrogen) atoms. The zero-order chi connectivity index (χ0) is 19.5. The van der Waals surface area contributed by atoms with Gasteiger partial charge in [-0.25, -0.2) is 9.07 Å². The second-order valence-electron chi connectivity index (χ2n) is 7.33. The maximum Gasteiger partial charge on any atom is 0.123 e. The van der Waals surface area contributed by atoms with Crippen LogP contribution in [0.5, 0.6) is 0 Å². The zero-order valence-corrected chi connectivity index (χ0v) is 16.3. The fourth-order valence-electron chi connectivity index (χ4n) is 3.82. The van der Waals surface area contributed by atoms with Gasteiger partial charge in [0.05, 0.1) is 16.4 Å². The number of aliphatic hydroxyl groups is 1. The van der Waals surface area contributed by atoms with Crippen molar-refractivity contribution in [3.8, 4) is 16.9 Å². The van der Waals surface area contributed by atoms with E-state index in [1.807, 2.05) is 30.5 Å². The minimum atomic E-state index is -0.272. The summed E-state index contributed by atoms with van der Waals surface area (Å²) in [5.41, 5.74) is 3.58. The van der Waals surface area contributed by atoms with Gasteiger partial charge in [0.15, 0.2) is 0 Å². The van der Waals surface area contributed by atoms with Gasteiger partial charge < -0.3 is 5.11 Å². The normalized spacial score (nSPS) is 17.8. The summed E-state index contributed by atoms with van der Waals surface area (Å²) in [7, 11) is 0. The molecular formula is C22H23ClFN3O. The van der Waals surface area contributed by atoms with Crippen LogP contribution in [0.3, 0.4) is 0 Å². The van der Waals surface area contributed by atoms with Crippen molar-refractivity contribution in [2.24, 2.45) is 5.92 Å². The van der Waals surface area contributed by atoms with Crippen molar-refractivity contribution in [1.29, 1.82) is 0 Å². The van der Waals surface area contributed by atoms with Gasteiger partial charge in [-0.05, 0) is 55.6 Å². The fourth-order valence-corrected chi connectivity index (χ4v) is 4.04. The predicted octanol–water partition coefficient (Wildman–Crippen LogP) is 4.54. The molecule has 0 radical (unpaired) electrons. The highest BCUT2D eigenvalue weighted by Crippen LogP contribution is 2.31. The summed E-state index contributed by atoms with van der Waals surface area (Å²) in [6, 6.07) is 14.0. The van der Waals surface area contributed by atoms with Gasteiger partial charge in [-0.15, -0.1) is 0 Å². The molecule has 1 aromatic heterocycles. The quantitative estimate of drug-likeness (QED) is 0.685. The van der Waals surface area contributed by atoms with Crippen LogP contribution in [0.2, 0.25) is 5.02 Å². The number of hydrogen-bond donors (Lipinski definition) is 1. The molecular weight excluding hydrogens is 377 g/mol. The number of benzene rings is 2. The first-order valence-corrected chi connectivity index (χ1v) is 9.94. The van der Waals surface area contributed by atoms with E-state index in [1.54, 1.807) is 16.8 Å². The zero-order valence-electron chi connectivity index (χ0n) is 15.6. The molecule has 1 saturated heterocycles. The summed E-state index contributed by atoms with van der Waals surface area (Å²) in [6.07, 6.45) is 4.15. The lowest BCUT2D eigenvalue weighted by molar-refractivity contribution is 0.116. The average molecular weight is 400 g/mol. The maximum absolute atomic E-state index is 13.3. The number of likely N-dealkylation sites (tertiary alicyclic amines) is 1. The van der Waals surface area contributed by atoms with Gasteiger partial charge in [0, 0.05) is 37.0 Å². The summed E-state index contributed by atoms with van der Waals surface area (Å²) in [6.45, 7) is 2.83. The first-order chi connectivity index (χ1) is 13.6. The Morgan fingerprint density at radius 2 is 1.93 bits per heavy atom. The van der Waals surface area contributed by atoms with Gasteiger partial charge in [-0.3, -0.25) is 4.90 Å². The Labute approximate surface area is 169 Å². The van der Waals surface area contributed by atoms with Crippen LogP contribution in [0.1, 0.15) is 18.4 Å². The molecule has 2 heterocycles. The van der Waals surface area contributed by atoms with Crippen LogP contribution in [0.15, 0.2) is 54.7 Å². The minimum absolute atomic E-state index is 0.225. The highest BCUT2D eigenvalue weighted by Gasteiger charge is 2.22. The van der Waals surface area contributed by atoms with Crippen molar-refractivity contribution in [2.75, 3.05) is 19.7 Å². The van der Waals surface area contributed by atoms with Crippen molar-refractivity contribution in [3.63, 3.8) is 0 Å². The van der Waals surface area contributed by atoms with Crippen molar-refractivity contribution < 1.29 is 9.50 Å². The molecule has 1 aliphatic rings. The second-order valence-corrected chi connectivity index (χ2v) is 7.74. The Hall–Kier alpha value is -2.21. The third-order valence-electron chi connectivity index (χ3n) is 5.27. The molecule has 2 aromatic carbocycles. The largest absolute Gasteiger partial charge is 0.396 e. The number of halogens is 2. The second kappa shape index (κ2) is 8.43. The third kappa shape index (κ3) is 4.12. The molecule has 0 saturated carbocycles. The summed E-state index contributed by atoms with van der Waals surface area (Å²) in [5.74, 6) is 0.0514. The number of aromatic nitrogens is 2. The molecule has 1 fully saturated rings. The molecule has 0 aliphatic carbocycles. The lowest BCUT2D eigenvalue weighted by Crippen LogP contribution is -2.36. The predicted molar refractivity (Wildman–Crippen MR) is 109 cm³/mol. The number of nitrogens with zero attached hydrogens (tertiary/aromatic N) is 3. The smallest absolute Gasteiger partial charge is 0.123 e. The molecule has 1 N–H and O–H groups in total. The summed E-state index contributed by atoms with van der Waals surface area (Å²) < 4.78 is 15.1. The van der Waals surface area contributed by atoms with Crippen LogP contribution >= 0.6 is 11.6 Å². The van der Waals surface area contributed by atoms with E-state index in [4.69, 9.17) is 16.7 Å². The highest BCUT2D eigenvalue weighted by atomic mass is 35.5. The van der Waals surface area contributed by atoms with E-state index >= 15 is 0 Å². The standard InChI is InChI=1S/C22H23ClFN3O/c23-21-6-2-1-5-20(21)22-17(13-26-11-3-4-16(12-26)15-28)14-27(25-22)19-9-7-18(24)8-10-19/h1-2,5-10,14,16,28H,3-4,11-13,15H2/t16-/m0/s1. The van der Waals surface area contributed by atoms with Crippen LogP contribution in [-0.4, -0.2) is 39.5 Å². The Bertz CT molecular complexity index is 941. The monoisotopic (exact) mass is 399 g/mol. The van der Waals surface area contributed by atoms with Gasteiger partial charge >= 0.3 is 0 Å². The Kier molecular flexibility index (Phi) is 5.76. The molecule has 1 aliphatic heterocycles. The minimum Gasteiger partial charge on any atom is -0.396 e. The number of hydrogen-bond acceptors (Lipinski definition) is 3. The Morgan fingerprint density at radius 3 is 2.68 bits per heavy atom. The van der Waals surface area contributed by atoms with Crippen LogP contribution in [0, 0.1) is 11.7 Å². The number of piperidine rings is 1. The van der Waals surface area contributed by atoms with E-state index in [9.17, 15) is 9.50 Å². The van der Waals surface area contributed by atoms with Gasteiger partial charge in [0.25, 0.3) is 0 Å². The van der Waals surface area contributed by atoms with E-state index < -0.39 is 0 Å². The lowest BCUT2D eigenvalue weighted by Gasteiger charge is -2.31. The van der Waals surface area contributed by atoms with E-state index in [0.717, 1.165) is 55.0 Å². The lowest BCUT2D eigenvalue weighted by atomic mass is 9.98. The molecule has 0 unspecified atom stereocenters. The van der Waals surface area contributed by atoms with Crippen molar-refractivity contribution >= 4 is 11.6 Å². The molecule has 4 nitrogen and oxygen atoms in total. The van der Waals surface area contributed by atoms with Gasteiger partial charge in [-0.2, -0.15) is 5.10 Å². The van der Waals surface area contributed by atoms with E-state index in [2.05, 4.69) is 4.90 Å². The van der Waals surface area contributed by atoms with Crippen LogP contribution in [-0.2, 0) is 6.54 Å².